The number of halogens is 2. The second-order valence-corrected chi connectivity index (χ2v) is 13.4. The van der Waals surface area contributed by atoms with Gasteiger partial charge in [-0.1, -0.05) is 32.4 Å². The SMILES string of the molecule is C[C@H](CCC(=O)N1CCC(OC(F)F)CC1)[C@H]1CC[C@H]2[C@@H]3CC=C4C[C@@H](O)CC[C@]4(C)[C@H]3CC[C@]12C. The average molecular weight is 508 g/mol. The highest BCUT2D eigenvalue weighted by molar-refractivity contribution is 5.76. The van der Waals surface area contributed by atoms with Crippen molar-refractivity contribution in [2.75, 3.05) is 13.1 Å². The molecule has 0 radical (unpaired) electrons. The van der Waals surface area contributed by atoms with Crippen LogP contribution in [0.2, 0.25) is 0 Å². The highest BCUT2D eigenvalue weighted by Crippen LogP contribution is 2.67. The molecule has 0 aromatic heterocycles. The molecule has 204 valence electrons. The summed E-state index contributed by atoms with van der Waals surface area (Å²) in [6.45, 7) is 5.75. The summed E-state index contributed by atoms with van der Waals surface area (Å²) in [7, 11) is 0. The fourth-order valence-corrected chi connectivity index (χ4v) is 9.71. The third-order valence-corrected chi connectivity index (χ3v) is 11.7. The van der Waals surface area contributed by atoms with Crippen LogP contribution < -0.4 is 0 Å². The van der Waals surface area contributed by atoms with Gasteiger partial charge in [-0.3, -0.25) is 4.79 Å². The minimum Gasteiger partial charge on any atom is -0.393 e. The lowest BCUT2D eigenvalue weighted by Gasteiger charge is -2.58. The Bertz CT molecular complexity index is 840. The lowest BCUT2D eigenvalue weighted by Crippen LogP contribution is -2.50. The van der Waals surface area contributed by atoms with Crippen molar-refractivity contribution in [2.45, 2.75) is 117 Å². The first-order chi connectivity index (χ1) is 17.1. The molecule has 4 aliphatic carbocycles. The largest absolute Gasteiger partial charge is 0.393 e. The van der Waals surface area contributed by atoms with Crippen molar-refractivity contribution in [1.29, 1.82) is 0 Å². The number of likely N-dealkylation sites (tertiary alicyclic amines) is 1. The van der Waals surface area contributed by atoms with E-state index in [1.54, 1.807) is 0 Å². The Kier molecular flexibility index (Phi) is 7.59. The van der Waals surface area contributed by atoms with Gasteiger partial charge in [-0.2, -0.15) is 8.78 Å². The molecule has 4 nitrogen and oxygen atoms in total. The van der Waals surface area contributed by atoms with Gasteiger partial charge in [-0.25, -0.2) is 0 Å². The number of hydrogen-bond donors (Lipinski definition) is 1. The van der Waals surface area contributed by atoms with E-state index in [0.717, 1.165) is 43.4 Å². The lowest BCUT2D eigenvalue weighted by molar-refractivity contribution is -0.174. The molecule has 1 aliphatic heterocycles. The zero-order chi connectivity index (χ0) is 25.7. The summed E-state index contributed by atoms with van der Waals surface area (Å²) in [6, 6.07) is 0. The minimum atomic E-state index is -2.73. The molecular weight excluding hydrogens is 460 g/mol. The second-order valence-electron chi connectivity index (χ2n) is 13.4. The lowest BCUT2D eigenvalue weighted by atomic mass is 9.47. The monoisotopic (exact) mass is 507 g/mol. The molecule has 1 heterocycles. The summed E-state index contributed by atoms with van der Waals surface area (Å²) < 4.78 is 29.6. The van der Waals surface area contributed by atoms with Crippen LogP contribution in [0.3, 0.4) is 0 Å². The van der Waals surface area contributed by atoms with Crippen LogP contribution in [0.4, 0.5) is 8.78 Å². The van der Waals surface area contributed by atoms with E-state index in [0.29, 0.717) is 49.6 Å². The number of carbonyl (C=O) groups excluding carboxylic acids is 1. The van der Waals surface area contributed by atoms with Crippen molar-refractivity contribution >= 4 is 5.91 Å². The third-order valence-electron chi connectivity index (χ3n) is 11.7. The third kappa shape index (κ3) is 4.79. The van der Waals surface area contributed by atoms with Gasteiger partial charge in [0.05, 0.1) is 12.2 Å². The maximum absolute atomic E-state index is 12.9. The number of fused-ring (bicyclic) bond motifs is 5. The van der Waals surface area contributed by atoms with Gasteiger partial charge in [0.15, 0.2) is 0 Å². The van der Waals surface area contributed by atoms with E-state index >= 15 is 0 Å². The zero-order valence-corrected chi connectivity index (χ0v) is 22.6. The number of hydrogen-bond acceptors (Lipinski definition) is 3. The van der Waals surface area contributed by atoms with Crippen LogP contribution in [0.15, 0.2) is 11.6 Å². The topological polar surface area (TPSA) is 49.8 Å². The second kappa shape index (κ2) is 10.3. The van der Waals surface area contributed by atoms with Crippen LogP contribution >= 0.6 is 0 Å². The Morgan fingerprint density at radius 1 is 1.11 bits per heavy atom. The van der Waals surface area contributed by atoms with Crippen molar-refractivity contribution in [2.24, 2.45) is 40.4 Å². The van der Waals surface area contributed by atoms with Gasteiger partial charge in [0.1, 0.15) is 0 Å². The molecule has 8 atom stereocenters. The first-order valence-corrected chi connectivity index (χ1v) is 14.7. The molecular formula is C30H47F2NO3. The van der Waals surface area contributed by atoms with E-state index in [2.05, 4.69) is 31.6 Å². The molecule has 5 rings (SSSR count). The molecule has 0 spiro atoms. The fourth-order valence-electron chi connectivity index (χ4n) is 9.71. The predicted molar refractivity (Wildman–Crippen MR) is 136 cm³/mol. The summed E-state index contributed by atoms with van der Waals surface area (Å²) >= 11 is 0. The number of aliphatic hydroxyl groups excluding tert-OH is 1. The Hall–Kier alpha value is -1.01. The normalized spacial score (nSPS) is 41.9. The maximum atomic E-state index is 12.9. The number of allylic oxidation sites excluding steroid dienone is 1. The van der Waals surface area contributed by atoms with Gasteiger partial charge in [-0.15, -0.1) is 0 Å². The number of carbonyl (C=O) groups is 1. The molecule has 0 aromatic carbocycles. The number of amides is 1. The first kappa shape index (κ1) is 26.6. The number of rotatable bonds is 6. The number of nitrogens with zero attached hydrogens (tertiary/aromatic N) is 1. The highest BCUT2D eigenvalue weighted by atomic mass is 19.3. The van der Waals surface area contributed by atoms with E-state index in [1.807, 2.05) is 4.90 Å². The fraction of sp³-hybridized carbons (Fsp3) is 0.900. The first-order valence-electron chi connectivity index (χ1n) is 14.7. The number of ether oxygens (including phenoxy) is 1. The van der Waals surface area contributed by atoms with Crippen molar-refractivity contribution in [3.8, 4) is 0 Å². The van der Waals surface area contributed by atoms with Gasteiger partial charge in [0.25, 0.3) is 0 Å². The van der Waals surface area contributed by atoms with E-state index in [1.165, 1.54) is 37.7 Å². The minimum absolute atomic E-state index is 0.147. The molecule has 3 saturated carbocycles. The molecule has 4 fully saturated rings. The summed E-state index contributed by atoms with van der Waals surface area (Å²) in [6.07, 6.45) is 13.8. The average Bonchev–Trinajstić information content (AvgIpc) is 3.20. The van der Waals surface area contributed by atoms with Crippen molar-refractivity contribution in [3.63, 3.8) is 0 Å². The molecule has 0 bridgehead atoms. The molecule has 0 unspecified atom stereocenters. The highest BCUT2D eigenvalue weighted by Gasteiger charge is 2.59. The van der Waals surface area contributed by atoms with Gasteiger partial charge in [0.2, 0.25) is 5.91 Å². The van der Waals surface area contributed by atoms with Crippen LogP contribution in [-0.2, 0) is 9.53 Å². The number of alkyl halides is 2. The molecule has 36 heavy (non-hydrogen) atoms. The van der Waals surface area contributed by atoms with Crippen LogP contribution in [-0.4, -0.2) is 47.8 Å². The summed E-state index contributed by atoms with van der Waals surface area (Å²) in [5.74, 6) is 3.68. The maximum Gasteiger partial charge on any atom is 0.345 e. The smallest absolute Gasteiger partial charge is 0.345 e. The Labute approximate surface area is 216 Å². The van der Waals surface area contributed by atoms with Gasteiger partial charge >= 0.3 is 6.61 Å². The molecule has 6 heteroatoms. The summed E-state index contributed by atoms with van der Waals surface area (Å²) in [5, 5.41) is 10.3. The van der Waals surface area contributed by atoms with Crippen LogP contribution in [0.1, 0.15) is 97.8 Å². The van der Waals surface area contributed by atoms with Gasteiger partial charge < -0.3 is 14.7 Å². The Morgan fingerprint density at radius 3 is 2.58 bits per heavy atom. The van der Waals surface area contributed by atoms with Crippen LogP contribution in [0, 0.1) is 40.4 Å². The van der Waals surface area contributed by atoms with Crippen molar-refractivity contribution in [1.82, 2.24) is 4.90 Å². The number of aliphatic hydroxyl groups is 1. The van der Waals surface area contributed by atoms with E-state index < -0.39 is 12.7 Å². The molecule has 5 aliphatic rings. The molecule has 0 aromatic rings. The van der Waals surface area contributed by atoms with Crippen molar-refractivity contribution < 1.29 is 23.4 Å². The summed E-state index contributed by atoms with van der Waals surface area (Å²) in [4.78, 5) is 14.8. The Morgan fingerprint density at radius 2 is 1.86 bits per heavy atom. The molecule has 1 saturated heterocycles. The summed E-state index contributed by atoms with van der Waals surface area (Å²) in [5.41, 5.74) is 2.19. The quantitative estimate of drug-likeness (QED) is 0.414. The van der Waals surface area contributed by atoms with Gasteiger partial charge in [-0.05, 0) is 111 Å². The van der Waals surface area contributed by atoms with E-state index in [-0.39, 0.29) is 17.4 Å². The van der Waals surface area contributed by atoms with Crippen LogP contribution in [0.5, 0.6) is 0 Å². The zero-order valence-electron chi connectivity index (χ0n) is 22.6. The van der Waals surface area contributed by atoms with Gasteiger partial charge in [0, 0.05) is 19.5 Å². The van der Waals surface area contributed by atoms with Crippen molar-refractivity contribution in [3.05, 3.63) is 11.6 Å². The Balaban J connectivity index is 1.17. The van der Waals surface area contributed by atoms with E-state index in [9.17, 15) is 18.7 Å². The number of piperidine rings is 1. The molecule has 1 N–H and O–H groups in total. The van der Waals surface area contributed by atoms with Crippen LogP contribution in [0.25, 0.3) is 0 Å². The molecule has 1 amide bonds. The standard InChI is InChI=1S/C30H47F2NO3/c1-19(4-9-27(35)33-16-12-22(13-17-33)36-28(31)32)24-7-8-25-23-6-5-20-18-21(34)10-14-29(20,2)26(23)11-15-30(24,25)3/h5,19,21-26,28,34H,4,6-18H2,1-3H3/t19-,21+,23+,24-,25+,26+,29+,30-/m1/s1. The predicted octanol–water partition coefficient (Wildman–Crippen LogP) is 6.57. The van der Waals surface area contributed by atoms with E-state index in [4.69, 9.17) is 0 Å².